The Morgan fingerprint density at radius 1 is 1.06 bits per heavy atom. The van der Waals surface area contributed by atoms with Crippen molar-refractivity contribution in [2.24, 2.45) is 5.92 Å². The predicted octanol–water partition coefficient (Wildman–Crippen LogP) is 3.86. The lowest BCUT2D eigenvalue weighted by Gasteiger charge is -2.31. The van der Waals surface area contributed by atoms with Crippen LogP contribution in [0.5, 0.6) is 5.19 Å². The molecule has 2 aromatic heterocycles. The van der Waals surface area contributed by atoms with Crippen molar-refractivity contribution < 1.29 is 13.2 Å². The summed E-state index contributed by atoms with van der Waals surface area (Å²) in [4.78, 5) is 16.8. The van der Waals surface area contributed by atoms with Gasteiger partial charge in [-0.15, -0.1) is 0 Å². The van der Waals surface area contributed by atoms with Crippen molar-refractivity contribution in [3.63, 3.8) is 0 Å². The summed E-state index contributed by atoms with van der Waals surface area (Å²) in [6.07, 6.45) is 9.81. The van der Waals surface area contributed by atoms with Crippen molar-refractivity contribution in [1.82, 2.24) is 15.0 Å². The van der Waals surface area contributed by atoms with Gasteiger partial charge in [-0.05, 0) is 48.4 Å². The molecule has 1 saturated heterocycles. The summed E-state index contributed by atoms with van der Waals surface area (Å²) >= 11 is 1.48. The van der Waals surface area contributed by atoms with E-state index in [1.54, 1.807) is 30.5 Å². The van der Waals surface area contributed by atoms with Crippen molar-refractivity contribution >= 4 is 27.1 Å². The monoisotopic (exact) mass is 458 g/mol. The molecule has 1 aromatic carbocycles. The molecular weight excluding hydrogens is 432 g/mol. The van der Waals surface area contributed by atoms with Gasteiger partial charge < -0.3 is 9.64 Å². The molecule has 0 N–H and O–H groups in total. The molecule has 0 saturated carbocycles. The molecule has 0 unspecified atom stereocenters. The first kappa shape index (κ1) is 21.7. The quantitative estimate of drug-likeness (QED) is 0.531. The zero-order chi connectivity index (χ0) is 21.8. The SMILES string of the molecule is CCc1cnc(N2CCC(COc3ncc(-c4ccc(S(C)(=O)=O)cc4)s3)CC2)nc1. The number of aryl methyl sites for hydroxylation is 1. The van der Waals surface area contributed by atoms with Crippen molar-refractivity contribution in [2.45, 2.75) is 31.1 Å². The van der Waals surface area contributed by atoms with Crippen LogP contribution in [0.3, 0.4) is 0 Å². The molecule has 7 nitrogen and oxygen atoms in total. The van der Waals surface area contributed by atoms with Gasteiger partial charge in [-0.25, -0.2) is 23.4 Å². The summed E-state index contributed by atoms with van der Waals surface area (Å²) in [6, 6.07) is 6.85. The van der Waals surface area contributed by atoms with E-state index >= 15 is 0 Å². The first-order valence-corrected chi connectivity index (χ1v) is 13.1. The molecule has 1 aliphatic heterocycles. The largest absolute Gasteiger partial charge is 0.470 e. The number of aromatic nitrogens is 3. The molecule has 0 spiro atoms. The smallest absolute Gasteiger partial charge is 0.273 e. The third-order valence-corrected chi connectivity index (χ3v) is 7.58. The molecule has 31 heavy (non-hydrogen) atoms. The number of ether oxygens (including phenoxy) is 1. The van der Waals surface area contributed by atoms with Crippen LogP contribution in [0.1, 0.15) is 25.3 Å². The van der Waals surface area contributed by atoms with E-state index in [4.69, 9.17) is 4.74 Å². The van der Waals surface area contributed by atoms with Gasteiger partial charge in [0.15, 0.2) is 9.84 Å². The van der Waals surface area contributed by atoms with E-state index in [9.17, 15) is 8.42 Å². The summed E-state index contributed by atoms with van der Waals surface area (Å²) in [5.41, 5.74) is 2.09. The summed E-state index contributed by atoms with van der Waals surface area (Å²) in [6.45, 7) is 4.60. The van der Waals surface area contributed by atoms with Crippen LogP contribution in [0.15, 0.2) is 47.8 Å². The van der Waals surface area contributed by atoms with E-state index in [1.807, 2.05) is 12.4 Å². The van der Waals surface area contributed by atoms with Gasteiger partial charge >= 0.3 is 0 Å². The minimum absolute atomic E-state index is 0.315. The lowest BCUT2D eigenvalue weighted by Crippen LogP contribution is -2.36. The van der Waals surface area contributed by atoms with Gasteiger partial charge in [-0.2, -0.15) is 0 Å². The van der Waals surface area contributed by atoms with Crippen LogP contribution in [-0.2, 0) is 16.3 Å². The number of piperidine rings is 1. The summed E-state index contributed by atoms with van der Waals surface area (Å²) in [5, 5.41) is 0.642. The normalized spacial score (nSPS) is 15.2. The topological polar surface area (TPSA) is 85.3 Å². The van der Waals surface area contributed by atoms with Crippen LogP contribution in [0.2, 0.25) is 0 Å². The Bertz CT molecular complexity index is 1100. The van der Waals surface area contributed by atoms with Crippen LogP contribution in [0, 0.1) is 5.92 Å². The van der Waals surface area contributed by atoms with Gasteiger partial charge in [0.25, 0.3) is 5.19 Å². The van der Waals surface area contributed by atoms with E-state index in [0.717, 1.165) is 54.3 Å². The molecule has 164 valence electrons. The molecule has 4 rings (SSSR count). The average Bonchev–Trinajstić information content (AvgIpc) is 3.27. The Morgan fingerprint density at radius 3 is 2.35 bits per heavy atom. The van der Waals surface area contributed by atoms with Crippen LogP contribution < -0.4 is 9.64 Å². The third kappa shape index (κ3) is 5.40. The van der Waals surface area contributed by atoms with E-state index in [1.165, 1.54) is 17.6 Å². The van der Waals surface area contributed by atoms with Gasteiger partial charge in [0, 0.05) is 37.9 Å². The van der Waals surface area contributed by atoms with E-state index in [0.29, 0.717) is 22.6 Å². The number of sulfone groups is 1. The average molecular weight is 459 g/mol. The Kier molecular flexibility index (Phi) is 6.52. The zero-order valence-electron chi connectivity index (χ0n) is 17.7. The number of thiazole rings is 1. The second-order valence-corrected chi connectivity index (χ2v) is 10.8. The second kappa shape index (κ2) is 9.32. The first-order chi connectivity index (χ1) is 14.9. The predicted molar refractivity (Wildman–Crippen MR) is 123 cm³/mol. The number of hydrogen-bond donors (Lipinski definition) is 0. The Labute approximate surface area is 187 Å². The van der Waals surface area contributed by atoms with Gasteiger partial charge in [-0.3, -0.25) is 0 Å². The van der Waals surface area contributed by atoms with Gasteiger partial charge in [0.2, 0.25) is 5.95 Å². The summed E-state index contributed by atoms with van der Waals surface area (Å²) in [7, 11) is -3.19. The zero-order valence-corrected chi connectivity index (χ0v) is 19.3. The molecular formula is C22H26N4O3S2. The maximum Gasteiger partial charge on any atom is 0.273 e. The van der Waals surface area contributed by atoms with Crippen LogP contribution in [-0.4, -0.2) is 49.3 Å². The fraction of sp³-hybridized carbons (Fsp3) is 0.409. The molecule has 0 radical (unpaired) electrons. The van der Waals surface area contributed by atoms with E-state index in [-0.39, 0.29) is 0 Å². The molecule has 1 fully saturated rings. The number of nitrogens with zero attached hydrogens (tertiary/aromatic N) is 4. The summed E-state index contributed by atoms with van der Waals surface area (Å²) in [5.74, 6) is 1.29. The highest BCUT2D eigenvalue weighted by atomic mass is 32.2. The van der Waals surface area contributed by atoms with Crippen molar-refractivity contribution in [3.8, 4) is 15.6 Å². The standard InChI is InChI=1S/C22H26N4O3S2/c1-3-16-12-23-21(24-13-16)26-10-8-17(9-11-26)15-29-22-25-14-20(30-22)18-4-6-19(7-5-18)31(2,27)28/h4-7,12-14,17H,3,8-11,15H2,1-2H3. The lowest BCUT2D eigenvalue weighted by molar-refractivity contribution is 0.221. The van der Waals surface area contributed by atoms with Gasteiger partial charge in [0.05, 0.1) is 16.4 Å². The minimum atomic E-state index is -3.19. The van der Waals surface area contributed by atoms with Crippen molar-refractivity contribution in [2.75, 3.05) is 30.9 Å². The van der Waals surface area contributed by atoms with Crippen LogP contribution in [0.4, 0.5) is 5.95 Å². The maximum absolute atomic E-state index is 11.6. The Morgan fingerprint density at radius 2 is 1.74 bits per heavy atom. The fourth-order valence-corrected chi connectivity index (χ4v) is 4.92. The molecule has 0 bridgehead atoms. The molecule has 0 aliphatic carbocycles. The van der Waals surface area contributed by atoms with E-state index in [2.05, 4.69) is 26.8 Å². The number of benzene rings is 1. The highest BCUT2D eigenvalue weighted by molar-refractivity contribution is 7.90. The lowest BCUT2D eigenvalue weighted by atomic mass is 9.98. The molecule has 0 amide bonds. The number of hydrogen-bond acceptors (Lipinski definition) is 8. The Balaban J connectivity index is 1.28. The Hall–Kier alpha value is -2.52. The maximum atomic E-state index is 11.6. The van der Waals surface area contributed by atoms with Crippen LogP contribution >= 0.6 is 11.3 Å². The number of anilines is 1. The number of rotatable bonds is 7. The second-order valence-electron chi connectivity index (χ2n) is 7.77. The highest BCUT2D eigenvalue weighted by Gasteiger charge is 2.22. The van der Waals surface area contributed by atoms with Gasteiger partial charge in [0.1, 0.15) is 0 Å². The molecule has 3 heterocycles. The van der Waals surface area contributed by atoms with Crippen molar-refractivity contribution in [3.05, 3.63) is 48.4 Å². The minimum Gasteiger partial charge on any atom is -0.470 e. The molecule has 9 heteroatoms. The third-order valence-electron chi connectivity index (χ3n) is 5.49. The van der Waals surface area contributed by atoms with Crippen LogP contribution in [0.25, 0.3) is 10.4 Å². The van der Waals surface area contributed by atoms with Crippen molar-refractivity contribution in [1.29, 1.82) is 0 Å². The molecule has 0 atom stereocenters. The molecule has 1 aliphatic rings. The summed E-state index contributed by atoms with van der Waals surface area (Å²) < 4.78 is 29.2. The van der Waals surface area contributed by atoms with E-state index < -0.39 is 9.84 Å². The van der Waals surface area contributed by atoms with Gasteiger partial charge in [-0.1, -0.05) is 30.4 Å². The highest BCUT2D eigenvalue weighted by Crippen LogP contribution is 2.32. The molecule has 3 aromatic rings. The first-order valence-electron chi connectivity index (χ1n) is 10.4. The fourth-order valence-electron chi connectivity index (χ4n) is 3.51.